The molecule has 9 heteroatoms. The molecular formula is C27H36N4O3S2. The van der Waals surface area contributed by atoms with Crippen molar-refractivity contribution in [1.29, 1.82) is 0 Å². The number of rotatable bonds is 6. The highest BCUT2D eigenvalue weighted by molar-refractivity contribution is 7.99. The first-order valence-electron chi connectivity index (χ1n) is 12.9. The van der Waals surface area contributed by atoms with Crippen LogP contribution in [0.15, 0.2) is 17.6 Å². The molecule has 2 aromatic rings. The van der Waals surface area contributed by atoms with Crippen LogP contribution < -0.4 is 4.90 Å². The van der Waals surface area contributed by atoms with Crippen molar-refractivity contribution in [2.75, 3.05) is 4.90 Å². The average Bonchev–Trinajstić information content (AvgIpc) is 3.49. The molecule has 194 valence electrons. The third kappa shape index (κ3) is 6.71. The number of aromatic amines is 1. The van der Waals surface area contributed by atoms with Gasteiger partial charge in [0.15, 0.2) is 5.16 Å². The standard InChI is InChI=1S/C27H36N4O3S2/c1-17-5-7-18(8-6-17)24(32)31(19-9-11-20(12-10-19)36-26-28-16-29-30-26)22-15-21(13-14-27(2,3)4)35-23(22)25(33)34/h15-20H,5-12H2,1-4H3,(H,33,34)(H,28,29,30)/t17-,18-,19-,20-. The maximum absolute atomic E-state index is 14.0. The molecule has 0 aromatic carbocycles. The van der Waals surface area contributed by atoms with E-state index < -0.39 is 5.97 Å². The molecule has 2 heterocycles. The second-order valence-corrected chi connectivity index (χ2v) is 13.5. The molecule has 0 spiro atoms. The first kappa shape index (κ1) is 26.7. The fraction of sp³-hybridized carbons (Fsp3) is 0.630. The van der Waals surface area contributed by atoms with Crippen LogP contribution >= 0.6 is 23.1 Å². The molecule has 2 fully saturated rings. The lowest BCUT2D eigenvalue weighted by Gasteiger charge is -2.39. The first-order chi connectivity index (χ1) is 17.1. The highest BCUT2D eigenvalue weighted by Gasteiger charge is 2.37. The molecule has 2 aliphatic carbocycles. The van der Waals surface area contributed by atoms with Gasteiger partial charge >= 0.3 is 5.97 Å². The molecule has 0 atom stereocenters. The Labute approximate surface area is 221 Å². The van der Waals surface area contributed by atoms with Crippen LogP contribution in [0.4, 0.5) is 5.69 Å². The predicted octanol–water partition coefficient (Wildman–Crippen LogP) is 6.22. The van der Waals surface area contributed by atoms with Crippen LogP contribution in [0.25, 0.3) is 0 Å². The molecule has 7 nitrogen and oxygen atoms in total. The van der Waals surface area contributed by atoms with Crippen molar-refractivity contribution in [3.63, 3.8) is 0 Å². The Hall–Kier alpha value is -2.31. The van der Waals surface area contributed by atoms with Crippen LogP contribution in [-0.2, 0) is 4.79 Å². The Morgan fingerprint density at radius 3 is 2.42 bits per heavy atom. The molecule has 2 saturated carbocycles. The maximum Gasteiger partial charge on any atom is 0.348 e. The van der Waals surface area contributed by atoms with Gasteiger partial charge < -0.3 is 10.0 Å². The highest BCUT2D eigenvalue weighted by atomic mass is 32.2. The van der Waals surface area contributed by atoms with E-state index in [0.717, 1.165) is 56.5 Å². The van der Waals surface area contributed by atoms with Crippen molar-refractivity contribution in [3.8, 4) is 11.8 Å². The number of anilines is 1. The van der Waals surface area contributed by atoms with E-state index in [2.05, 4.69) is 33.9 Å². The molecular weight excluding hydrogens is 492 g/mol. The Morgan fingerprint density at radius 2 is 1.83 bits per heavy atom. The van der Waals surface area contributed by atoms with Crippen molar-refractivity contribution in [3.05, 3.63) is 22.1 Å². The number of H-pyrrole nitrogens is 1. The van der Waals surface area contributed by atoms with E-state index in [4.69, 9.17) is 0 Å². The minimum Gasteiger partial charge on any atom is -0.477 e. The van der Waals surface area contributed by atoms with Crippen LogP contribution in [0.2, 0.25) is 0 Å². The Morgan fingerprint density at radius 1 is 1.14 bits per heavy atom. The van der Waals surface area contributed by atoms with E-state index in [1.807, 2.05) is 31.7 Å². The number of nitrogens with one attached hydrogen (secondary N) is 1. The Bertz CT molecular complexity index is 1110. The van der Waals surface area contributed by atoms with E-state index >= 15 is 0 Å². The number of carboxylic acids is 1. The molecule has 36 heavy (non-hydrogen) atoms. The lowest BCUT2D eigenvalue weighted by atomic mass is 9.81. The number of hydrogen-bond donors (Lipinski definition) is 2. The quantitative estimate of drug-likeness (QED) is 0.432. The summed E-state index contributed by atoms with van der Waals surface area (Å²) in [6, 6.07) is 1.82. The number of aromatic nitrogens is 3. The number of thioether (sulfide) groups is 1. The molecule has 0 bridgehead atoms. The number of amides is 1. The minimum atomic E-state index is -0.997. The van der Waals surface area contributed by atoms with Gasteiger partial charge in [-0.05, 0) is 84.1 Å². The smallest absolute Gasteiger partial charge is 0.348 e. The van der Waals surface area contributed by atoms with Gasteiger partial charge in [-0.3, -0.25) is 9.89 Å². The van der Waals surface area contributed by atoms with Gasteiger partial charge in [0.25, 0.3) is 0 Å². The molecule has 2 N–H and O–H groups in total. The lowest BCUT2D eigenvalue weighted by Crippen LogP contribution is -2.46. The highest BCUT2D eigenvalue weighted by Crippen LogP contribution is 2.40. The second-order valence-electron chi connectivity index (χ2n) is 11.1. The van der Waals surface area contributed by atoms with Crippen molar-refractivity contribution in [2.24, 2.45) is 17.3 Å². The van der Waals surface area contributed by atoms with Crippen LogP contribution in [-0.4, -0.2) is 43.5 Å². The molecule has 1 amide bonds. The van der Waals surface area contributed by atoms with E-state index in [1.165, 1.54) is 17.7 Å². The minimum absolute atomic E-state index is 0.0143. The average molecular weight is 529 g/mol. The van der Waals surface area contributed by atoms with Crippen molar-refractivity contribution < 1.29 is 14.7 Å². The summed E-state index contributed by atoms with van der Waals surface area (Å²) < 4.78 is 0. The second kappa shape index (κ2) is 11.4. The van der Waals surface area contributed by atoms with Gasteiger partial charge in [0.05, 0.1) is 10.6 Å². The van der Waals surface area contributed by atoms with E-state index in [0.29, 0.717) is 21.7 Å². The maximum atomic E-state index is 14.0. The number of carbonyl (C=O) groups excluding carboxylic acids is 1. The number of hydrogen-bond acceptors (Lipinski definition) is 6. The number of carboxylic acid groups (broad SMARTS) is 1. The fourth-order valence-corrected chi connectivity index (χ4v) is 6.93. The Kier molecular flexibility index (Phi) is 8.46. The summed E-state index contributed by atoms with van der Waals surface area (Å²) in [5.41, 5.74) is 0.335. The summed E-state index contributed by atoms with van der Waals surface area (Å²) in [6.45, 7) is 8.33. The zero-order valence-corrected chi connectivity index (χ0v) is 23.2. The van der Waals surface area contributed by atoms with Crippen LogP contribution in [0.3, 0.4) is 0 Å². The summed E-state index contributed by atoms with van der Waals surface area (Å²) in [7, 11) is 0. The molecule has 0 radical (unpaired) electrons. The predicted molar refractivity (Wildman–Crippen MR) is 145 cm³/mol. The Balaban J connectivity index is 1.62. The number of nitrogens with zero attached hydrogens (tertiary/aromatic N) is 3. The van der Waals surface area contributed by atoms with Gasteiger partial charge in [0.2, 0.25) is 5.91 Å². The molecule has 2 aromatic heterocycles. The normalized spacial score (nSPS) is 24.6. The van der Waals surface area contributed by atoms with Gasteiger partial charge in [-0.25, -0.2) is 9.78 Å². The van der Waals surface area contributed by atoms with Crippen molar-refractivity contribution in [2.45, 2.75) is 95.5 Å². The summed E-state index contributed by atoms with van der Waals surface area (Å²) in [5, 5.41) is 18.1. The van der Waals surface area contributed by atoms with Crippen LogP contribution in [0, 0.1) is 29.1 Å². The van der Waals surface area contributed by atoms with Gasteiger partial charge in [0.1, 0.15) is 11.2 Å². The first-order valence-corrected chi connectivity index (χ1v) is 14.6. The largest absolute Gasteiger partial charge is 0.477 e. The third-order valence-corrected chi connectivity index (χ3v) is 9.26. The van der Waals surface area contributed by atoms with Gasteiger partial charge in [-0.2, -0.15) is 5.10 Å². The molecule has 2 aliphatic rings. The monoisotopic (exact) mass is 528 g/mol. The zero-order valence-electron chi connectivity index (χ0n) is 21.5. The van der Waals surface area contributed by atoms with Crippen molar-refractivity contribution >= 4 is 40.7 Å². The molecule has 0 aliphatic heterocycles. The summed E-state index contributed by atoms with van der Waals surface area (Å²) >= 11 is 2.87. The van der Waals surface area contributed by atoms with Gasteiger partial charge in [0, 0.05) is 22.6 Å². The van der Waals surface area contributed by atoms with Crippen molar-refractivity contribution in [1.82, 2.24) is 15.2 Å². The lowest BCUT2D eigenvalue weighted by molar-refractivity contribution is -0.124. The zero-order chi connectivity index (χ0) is 25.9. The van der Waals surface area contributed by atoms with E-state index in [1.54, 1.807) is 11.8 Å². The number of carbonyl (C=O) groups is 2. The summed E-state index contributed by atoms with van der Waals surface area (Å²) in [5.74, 6) is 6.05. The van der Waals surface area contributed by atoms with Gasteiger partial charge in [-0.15, -0.1) is 11.3 Å². The van der Waals surface area contributed by atoms with E-state index in [9.17, 15) is 14.7 Å². The number of thiophene rings is 1. The molecule has 0 unspecified atom stereocenters. The molecule has 0 saturated heterocycles. The van der Waals surface area contributed by atoms with Gasteiger partial charge in [-0.1, -0.05) is 30.5 Å². The SMILES string of the molecule is CC(C)(C)C#Cc1cc(N(C(=O)[C@H]2CC[C@H](C)CC2)[C@H]2CC[C@H](Sc3ncn[nH]3)CC2)c(C(=O)O)s1. The summed E-state index contributed by atoms with van der Waals surface area (Å²) in [6.07, 6.45) is 8.88. The van der Waals surface area contributed by atoms with Crippen LogP contribution in [0.5, 0.6) is 0 Å². The number of aromatic carboxylic acids is 1. The summed E-state index contributed by atoms with van der Waals surface area (Å²) in [4.78, 5) is 33.3. The fourth-order valence-electron chi connectivity index (χ4n) is 5.05. The topological polar surface area (TPSA) is 99.2 Å². The molecule has 4 rings (SSSR count). The van der Waals surface area contributed by atoms with Crippen LogP contribution in [0.1, 0.15) is 93.6 Å². The van der Waals surface area contributed by atoms with E-state index in [-0.39, 0.29) is 28.2 Å². The third-order valence-electron chi connectivity index (χ3n) is 7.01.